The van der Waals surface area contributed by atoms with E-state index in [-0.39, 0.29) is 11.6 Å². The van der Waals surface area contributed by atoms with E-state index in [1.165, 1.54) is 5.56 Å². The van der Waals surface area contributed by atoms with Gasteiger partial charge in [-0.05, 0) is 51.5 Å². The number of furan rings is 1. The van der Waals surface area contributed by atoms with E-state index in [4.69, 9.17) is 19.7 Å². The zero-order chi connectivity index (χ0) is 14.9. The Morgan fingerprint density at radius 1 is 1.29 bits per heavy atom. The summed E-state index contributed by atoms with van der Waals surface area (Å²) in [5, 5.41) is 0. The number of hydrogen-bond acceptors (Lipinski definition) is 5. The summed E-state index contributed by atoms with van der Waals surface area (Å²) in [7, 11) is 0. The van der Waals surface area contributed by atoms with Crippen molar-refractivity contribution >= 4 is 0 Å². The molecule has 0 saturated carbocycles. The van der Waals surface area contributed by atoms with E-state index in [9.17, 15) is 0 Å². The first-order chi connectivity index (χ1) is 10.1. The zero-order valence-corrected chi connectivity index (χ0v) is 13.0. The monoisotopic (exact) mass is 294 g/mol. The van der Waals surface area contributed by atoms with Gasteiger partial charge in [-0.1, -0.05) is 0 Å². The lowest BCUT2D eigenvalue weighted by molar-refractivity contribution is -0.150. The molecule has 1 aromatic heterocycles. The van der Waals surface area contributed by atoms with Crippen molar-refractivity contribution in [3.05, 3.63) is 23.2 Å². The maximum atomic E-state index is 6.13. The molecular weight excluding hydrogens is 268 g/mol. The van der Waals surface area contributed by atoms with E-state index < -0.39 is 0 Å². The van der Waals surface area contributed by atoms with E-state index in [0.29, 0.717) is 5.92 Å². The van der Waals surface area contributed by atoms with Gasteiger partial charge in [-0.15, -0.1) is 0 Å². The van der Waals surface area contributed by atoms with Crippen LogP contribution in [0.3, 0.4) is 0 Å². The van der Waals surface area contributed by atoms with Gasteiger partial charge in [-0.25, -0.2) is 0 Å². The second-order valence-corrected chi connectivity index (χ2v) is 6.41. The van der Waals surface area contributed by atoms with Crippen LogP contribution in [0, 0.1) is 19.8 Å². The normalized spacial score (nSPS) is 26.9. The molecule has 0 bridgehead atoms. The van der Waals surface area contributed by atoms with Crippen LogP contribution in [-0.2, 0) is 9.47 Å². The van der Waals surface area contributed by atoms with Crippen molar-refractivity contribution in [1.29, 1.82) is 0 Å². The van der Waals surface area contributed by atoms with Crippen molar-refractivity contribution < 1.29 is 13.9 Å². The Bertz CT molecular complexity index is 474. The lowest BCUT2D eigenvalue weighted by Crippen LogP contribution is -2.47. The molecule has 3 N–H and O–H groups in total. The highest BCUT2D eigenvalue weighted by Crippen LogP contribution is 2.42. The van der Waals surface area contributed by atoms with Crippen molar-refractivity contribution in [2.75, 3.05) is 19.8 Å². The van der Waals surface area contributed by atoms with Gasteiger partial charge in [-0.3, -0.25) is 11.3 Å². The van der Waals surface area contributed by atoms with Gasteiger partial charge in [0.1, 0.15) is 11.5 Å². The molecule has 2 fully saturated rings. The van der Waals surface area contributed by atoms with Crippen LogP contribution in [0.4, 0.5) is 0 Å². The number of ether oxygens (including phenoxy) is 2. The van der Waals surface area contributed by atoms with Gasteiger partial charge in [0.2, 0.25) is 0 Å². The third kappa shape index (κ3) is 3.01. The molecule has 5 nitrogen and oxygen atoms in total. The molecule has 5 heteroatoms. The third-order valence-electron chi connectivity index (χ3n) is 5.00. The fourth-order valence-corrected chi connectivity index (χ4v) is 3.88. The Labute approximate surface area is 126 Å². The smallest absolute Gasteiger partial charge is 0.105 e. The topological polar surface area (TPSA) is 69.7 Å². The fourth-order valence-electron chi connectivity index (χ4n) is 3.88. The van der Waals surface area contributed by atoms with E-state index in [2.05, 4.69) is 11.5 Å². The van der Waals surface area contributed by atoms with E-state index >= 15 is 0 Å². The van der Waals surface area contributed by atoms with E-state index in [0.717, 1.165) is 57.0 Å². The molecule has 1 aromatic rings. The minimum absolute atomic E-state index is 0.0110. The maximum Gasteiger partial charge on any atom is 0.105 e. The SMILES string of the molecule is Cc1cc(C(NN)C2CCOC3(CCOCC3)C2)c(C)o1. The molecule has 118 valence electrons. The Balaban J connectivity index is 1.78. The van der Waals surface area contributed by atoms with Gasteiger partial charge < -0.3 is 13.9 Å². The lowest BCUT2D eigenvalue weighted by Gasteiger charge is -2.45. The lowest BCUT2D eigenvalue weighted by atomic mass is 9.76. The Hall–Kier alpha value is -0.880. The average molecular weight is 294 g/mol. The summed E-state index contributed by atoms with van der Waals surface area (Å²) in [6, 6.07) is 2.23. The van der Waals surface area contributed by atoms with Crippen molar-refractivity contribution in [3.8, 4) is 0 Å². The summed E-state index contributed by atoms with van der Waals surface area (Å²) < 4.78 is 17.3. The van der Waals surface area contributed by atoms with Crippen molar-refractivity contribution in [2.45, 2.75) is 51.2 Å². The number of hydrazine groups is 1. The molecule has 0 aromatic carbocycles. The number of aryl methyl sites for hydroxylation is 2. The van der Waals surface area contributed by atoms with Gasteiger partial charge in [0, 0.05) is 25.4 Å². The maximum absolute atomic E-state index is 6.13. The Kier molecular flexibility index (Phi) is 4.36. The molecule has 0 amide bonds. The van der Waals surface area contributed by atoms with Gasteiger partial charge >= 0.3 is 0 Å². The molecule has 2 unspecified atom stereocenters. The largest absolute Gasteiger partial charge is 0.466 e. The highest BCUT2D eigenvalue weighted by Gasteiger charge is 2.41. The second-order valence-electron chi connectivity index (χ2n) is 6.41. The second kappa shape index (κ2) is 6.08. The standard InChI is InChI=1S/C16H26N2O3/c1-11-9-14(12(2)21-11)15(18-17)13-3-6-20-16(10-13)4-7-19-8-5-16/h9,13,15,18H,3-8,10,17H2,1-2H3. The van der Waals surface area contributed by atoms with Crippen LogP contribution in [0.25, 0.3) is 0 Å². The van der Waals surface area contributed by atoms with Gasteiger partial charge in [0.15, 0.2) is 0 Å². The van der Waals surface area contributed by atoms with Crippen molar-refractivity contribution in [3.63, 3.8) is 0 Å². The summed E-state index contributed by atoms with van der Waals surface area (Å²) in [6.07, 6.45) is 4.05. The molecule has 3 heterocycles. The molecule has 21 heavy (non-hydrogen) atoms. The molecule has 2 atom stereocenters. The van der Waals surface area contributed by atoms with Crippen LogP contribution < -0.4 is 11.3 Å². The van der Waals surface area contributed by atoms with Crippen LogP contribution in [0.15, 0.2) is 10.5 Å². The number of nitrogens with one attached hydrogen (secondary N) is 1. The van der Waals surface area contributed by atoms with Crippen molar-refractivity contribution in [2.24, 2.45) is 11.8 Å². The Morgan fingerprint density at radius 3 is 2.67 bits per heavy atom. The molecule has 3 rings (SSSR count). The molecule has 2 aliphatic heterocycles. The Morgan fingerprint density at radius 2 is 2.05 bits per heavy atom. The van der Waals surface area contributed by atoms with E-state index in [1.807, 2.05) is 13.8 Å². The fraction of sp³-hybridized carbons (Fsp3) is 0.750. The van der Waals surface area contributed by atoms with Crippen molar-refractivity contribution in [1.82, 2.24) is 5.43 Å². The number of hydrogen-bond donors (Lipinski definition) is 2. The summed E-state index contributed by atoms with van der Waals surface area (Å²) >= 11 is 0. The highest BCUT2D eigenvalue weighted by atomic mass is 16.5. The van der Waals surface area contributed by atoms with Gasteiger partial charge in [0.05, 0.1) is 11.6 Å². The minimum Gasteiger partial charge on any atom is -0.466 e. The number of nitrogens with two attached hydrogens (primary N) is 1. The molecular formula is C16H26N2O3. The van der Waals surface area contributed by atoms with Crippen LogP contribution in [0.1, 0.15) is 48.8 Å². The zero-order valence-electron chi connectivity index (χ0n) is 13.0. The van der Waals surface area contributed by atoms with E-state index in [1.54, 1.807) is 0 Å². The molecule has 2 saturated heterocycles. The van der Waals surface area contributed by atoms with Crippen LogP contribution in [-0.4, -0.2) is 25.4 Å². The first kappa shape index (κ1) is 15.0. The minimum atomic E-state index is -0.0110. The van der Waals surface area contributed by atoms with Gasteiger partial charge in [-0.2, -0.15) is 0 Å². The average Bonchev–Trinajstić information content (AvgIpc) is 2.80. The summed E-state index contributed by atoms with van der Waals surface area (Å²) in [6.45, 7) is 6.40. The first-order valence-corrected chi connectivity index (χ1v) is 7.88. The van der Waals surface area contributed by atoms with Crippen LogP contribution >= 0.6 is 0 Å². The highest BCUT2D eigenvalue weighted by molar-refractivity contribution is 5.25. The molecule has 2 aliphatic rings. The first-order valence-electron chi connectivity index (χ1n) is 7.88. The quantitative estimate of drug-likeness (QED) is 0.661. The van der Waals surface area contributed by atoms with Crippen LogP contribution in [0.2, 0.25) is 0 Å². The van der Waals surface area contributed by atoms with Gasteiger partial charge in [0.25, 0.3) is 0 Å². The summed E-state index contributed by atoms with van der Waals surface area (Å²) in [5.41, 5.74) is 4.19. The van der Waals surface area contributed by atoms with Crippen LogP contribution in [0.5, 0.6) is 0 Å². The predicted octanol–water partition coefficient (Wildman–Crippen LogP) is 2.38. The molecule has 0 radical (unpaired) electrons. The third-order valence-corrected chi connectivity index (χ3v) is 5.00. The summed E-state index contributed by atoms with van der Waals surface area (Å²) in [5.74, 6) is 8.25. The summed E-state index contributed by atoms with van der Waals surface area (Å²) in [4.78, 5) is 0. The predicted molar refractivity (Wildman–Crippen MR) is 79.7 cm³/mol. The molecule has 1 spiro atoms. The molecule has 0 aliphatic carbocycles. The number of rotatable bonds is 3.